The van der Waals surface area contributed by atoms with E-state index in [4.69, 9.17) is 4.74 Å². The molecule has 1 aromatic heterocycles. The molecule has 8 heteroatoms. The van der Waals surface area contributed by atoms with Gasteiger partial charge in [0.05, 0.1) is 23.9 Å². The molecule has 0 bridgehead atoms. The summed E-state index contributed by atoms with van der Waals surface area (Å²) in [6.45, 7) is 11.2. The zero-order chi connectivity index (χ0) is 20.8. The van der Waals surface area contributed by atoms with Crippen LogP contribution in [0.4, 0.5) is 4.79 Å². The maximum Gasteiger partial charge on any atom is 0.317 e. The van der Waals surface area contributed by atoms with E-state index >= 15 is 0 Å². The summed E-state index contributed by atoms with van der Waals surface area (Å²) in [7, 11) is 0. The van der Waals surface area contributed by atoms with Crippen LogP contribution in [0.2, 0.25) is 0 Å². The van der Waals surface area contributed by atoms with Crippen molar-refractivity contribution in [2.75, 3.05) is 52.5 Å². The Morgan fingerprint density at radius 2 is 1.73 bits per heavy atom. The Morgan fingerprint density at radius 3 is 2.43 bits per heavy atom. The number of benzene rings is 1. The number of carbonyl (C=O) groups excluding carboxylic acids is 1. The fourth-order valence-electron chi connectivity index (χ4n) is 3.99. The van der Waals surface area contributed by atoms with E-state index in [1.807, 2.05) is 17.9 Å². The van der Waals surface area contributed by atoms with Crippen LogP contribution in [0.5, 0.6) is 0 Å². The quantitative estimate of drug-likeness (QED) is 0.764. The van der Waals surface area contributed by atoms with Gasteiger partial charge in [-0.1, -0.05) is 24.3 Å². The third-order valence-electron chi connectivity index (χ3n) is 5.76. The second kappa shape index (κ2) is 10.3. The predicted octanol–water partition coefficient (Wildman–Crippen LogP) is 2.31. The molecule has 2 aliphatic rings. The van der Waals surface area contributed by atoms with Crippen molar-refractivity contribution in [3.8, 4) is 0 Å². The first-order chi connectivity index (χ1) is 14.7. The number of piperazine rings is 1. The Hall–Kier alpha value is -2.00. The van der Waals surface area contributed by atoms with Crippen LogP contribution < -0.4 is 5.32 Å². The topological polar surface area (TPSA) is 60.9 Å². The Morgan fingerprint density at radius 1 is 1.03 bits per heavy atom. The van der Waals surface area contributed by atoms with Crippen molar-refractivity contribution in [3.05, 3.63) is 51.5 Å². The smallest absolute Gasteiger partial charge is 0.317 e. The highest BCUT2D eigenvalue weighted by molar-refractivity contribution is 7.09. The number of amides is 2. The molecule has 0 unspecified atom stereocenters. The first-order valence-corrected chi connectivity index (χ1v) is 11.6. The number of urea groups is 1. The van der Waals surface area contributed by atoms with E-state index in [2.05, 4.69) is 43.7 Å². The minimum atomic E-state index is 0.0281. The van der Waals surface area contributed by atoms with Gasteiger partial charge in [0, 0.05) is 64.3 Å². The van der Waals surface area contributed by atoms with Gasteiger partial charge in [-0.05, 0) is 18.1 Å². The molecule has 2 aliphatic heterocycles. The van der Waals surface area contributed by atoms with E-state index < -0.39 is 0 Å². The Labute approximate surface area is 182 Å². The van der Waals surface area contributed by atoms with Gasteiger partial charge in [-0.15, -0.1) is 11.3 Å². The van der Waals surface area contributed by atoms with E-state index in [-0.39, 0.29) is 6.03 Å². The lowest BCUT2D eigenvalue weighted by Crippen LogP contribution is -2.51. The van der Waals surface area contributed by atoms with Crippen molar-refractivity contribution >= 4 is 17.4 Å². The van der Waals surface area contributed by atoms with Crippen molar-refractivity contribution in [1.29, 1.82) is 0 Å². The largest absolute Gasteiger partial charge is 0.379 e. The Kier molecular flexibility index (Phi) is 7.33. The van der Waals surface area contributed by atoms with Gasteiger partial charge in [0.1, 0.15) is 0 Å². The number of carbonyl (C=O) groups is 1. The van der Waals surface area contributed by atoms with Crippen LogP contribution in [0.3, 0.4) is 0 Å². The molecule has 4 rings (SSSR count). The average Bonchev–Trinajstić information content (AvgIpc) is 3.18. The minimum Gasteiger partial charge on any atom is -0.379 e. The minimum absolute atomic E-state index is 0.0281. The van der Waals surface area contributed by atoms with Crippen LogP contribution in [0, 0.1) is 6.92 Å². The second-order valence-electron chi connectivity index (χ2n) is 7.94. The lowest BCUT2D eigenvalue weighted by molar-refractivity contribution is 0.0340. The zero-order valence-electron chi connectivity index (χ0n) is 17.7. The van der Waals surface area contributed by atoms with Crippen LogP contribution in [0.15, 0.2) is 29.6 Å². The summed E-state index contributed by atoms with van der Waals surface area (Å²) in [5.74, 6) is 0. The van der Waals surface area contributed by atoms with Gasteiger partial charge in [0.2, 0.25) is 0 Å². The highest BCUT2D eigenvalue weighted by atomic mass is 32.1. The SMILES string of the molecule is Cc1nc(CN2CCN(C(=O)NCc3ccccc3CN3CCOCC3)CC2)cs1. The standard InChI is InChI=1S/C22H31N5O2S/c1-18-24-21(17-30-18)16-25-6-8-27(9-7-25)22(28)23-14-19-4-2-3-5-20(19)15-26-10-12-29-13-11-26/h2-5,17H,6-16H2,1H3,(H,23,28). The van der Waals surface area contributed by atoms with Gasteiger partial charge in [0.25, 0.3) is 0 Å². The Balaban J connectivity index is 1.24. The van der Waals surface area contributed by atoms with E-state index in [9.17, 15) is 4.79 Å². The van der Waals surface area contributed by atoms with Crippen molar-refractivity contribution in [2.24, 2.45) is 0 Å². The monoisotopic (exact) mass is 429 g/mol. The number of aromatic nitrogens is 1. The number of morpholine rings is 1. The molecule has 2 aromatic rings. The summed E-state index contributed by atoms with van der Waals surface area (Å²) >= 11 is 1.69. The molecule has 3 heterocycles. The summed E-state index contributed by atoms with van der Waals surface area (Å²) in [6.07, 6.45) is 0. The fourth-order valence-corrected chi connectivity index (χ4v) is 4.59. The third-order valence-corrected chi connectivity index (χ3v) is 6.58. The third kappa shape index (κ3) is 5.78. The summed E-state index contributed by atoms with van der Waals surface area (Å²) in [5, 5.41) is 6.36. The normalized spacial score (nSPS) is 18.5. The van der Waals surface area contributed by atoms with Crippen LogP contribution >= 0.6 is 11.3 Å². The van der Waals surface area contributed by atoms with Gasteiger partial charge in [-0.3, -0.25) is 9.80 Å². The molecule has 2 amide bonds. The zero-order valence-corrected chi connectivity index (χ0v) is 18.5. The van der Waals surface area contributed by atoms with Gasteiger partial charge in [-0.25, -0.2) is 9.78 Å². The second-order valence-corrected chi connectivity index (χ2v) is 9.00. The van der Waals surface area contributed by atoms with Crippen molar-refractivity contribution < 1.29 is 9.53 Å². The van der Waals surface area contributed by atoms with Gasteiger partial charge in [0.15, 0.2) is 0 Å². The summed E-state index contributed by atoms with van der Waals surface area (Å²) < 4.78 is 5.44. The first-order valence-electron chi connectivity index (χ1n) is 10.7. The van der Waals surface area contributed by atoms with E-state index in [0.29, 0.717) is 6.54 Å². The van der Waals surface area contributed by atoms with Gasteiger partial charge in [-0.2, -0.15) is 0 Å². The molecule has 2 fully saturated rings. The molecule has 0 atom stereocenters. The average molecular weight is 430 g/mol. The van der Waals surface area contributed by atoms with Crippen molar-refractivity contribution in [2.45, 2.75) is 26.6 Å². The van der Waals surface area contributed by atoms with Gasteiger partial charge < -0.3 is 15.0 Å². The number of thiazole rings is 1. The molecule has 1 N–H and O–H groups in total. The summed E-state index contributed by atoms with van der Waals surface area (Å²) in [6, 6.07) is 8.42. The maximum absolute atomic E-state index is 12.7. The number of hydrogen-bond acceptors (Lipinski definition) is 6. The molecular formula is C22H31N5O2S. The van der Waals surface area contributed by atoms with Crippen LogP contribution in [-0.2, 0) is 24.4 Å². The molecular weight excluding hydrogens is 398 g/mol. The summed E-state index contributed by atoms with van der Waals surface area (Å²) in [4.78, 5) is 24.0. The Bertz CT molecular complexity index is 828. The molecule has 0 radical (unpaired) electrons. The fraction of sp³-hybridized carbons (Fsp3) is 0.545. The van der Waals surface area contributed by atoms with Crippen LogP contribution in [-0.4, -0.2) is 78.2 Å². The number of hydrogen-bond donors (Lipinski definition) is 1. The molecule has 162 valence electrons. The molecule has 0 aliphatic carbocycles. The van der Waals surface area contributed by atoms with E-state index in [1.165, 1.54) is 11.1 Å². The van der Waals surface area contributed by atoms with Crippen LogP contribution in [0.25, 0.3) is 0 Å². The number of aryl methyl sites for hydroxylation is 1. The molecule has 30 heavy (non-hydrogen) atoms. The van der Waals surface area contributed by atoms with Crippen molar-refractivity contribution in [1.82, 2.24) is 25.0 Å². The molecule has 0 saturated carbocycles. The van der Waals surface area contributed by atoms with Crippen molar-refractivity contribution in [3.63, 3.8) is 0 Å². The number of nitrogens with one attached hydrogen (secondary N) is 1. The molecule has 1 aromatic carbocycles. The highest BCUT2D eigenvalue weighted by Crippen LogP contribution is 2.14. The highest BCUT2D eigenvalue weighted by Gasteiger charge is 2.22. The number of rotatable bonds is 6. The predicted molar refractivity (Wildman–Crippen MR) is 118 cm³/mol. The molecule has 2 saturated heterocycles. The lowest BCUT2D eigenvalue weighted by atomic mass is 10.1. The summed E-state index contributed by atoms with van der Waals surface area (Å²) in [5.41, 5.74) is 3.60. The number of nitrogens with zero attached hydrogens (tertiary/aromatic N) is 4. The number of ether oxygens (including phenoxy) is 1. The van der Waals surface area contributed by atoms with E-state index in [0.717, 1.165) is 76.3 Å². The lowest BCUT2D eigenvalue weighted by Gasteiger charge is -2.34. The first kappa shape index (κ1) is 21.2. The van der Waals surface area contributed by atoms with Gasteiger partial charge >= 0.3 is 6.03 Å². The van der Waals surface area contributed by atoms with E-state index in [1.54, 1.807) is 11.3 Å². The maximum atomic E-state index is 12.7. The van der Waals surface area contributed by atoms with Crippen LogP contribution in [0.1, 0.15) is 21.8 Å². The molecule has 7 nitrogen and oxygen atoms in total. The molecule has 0 spiro atoms.